The molecule has 0 amide bonds. The number of aliphatic imine (C=N–C) groups is 1. The Morgan fingerprint density at radius 3 is 1.41 bits per heavy atom. The van der Waals surface area contributed by atoms with Gasteiger partial charge in [-0.15, -0.1) is 0 Å². The quantitative estimate of drug-likeness (QED) is 0.0111. The van der Waals surface area contributed by atoms with Crippen molar-refractivity contribution in [2.24, 2.45) is 4.99 Å². The van der Waals surface area contributed by atoms with E-state index in [1.54, 1.807) is 19.1 Å². The second kappa shape index (κ2) is 34.5. The summed E-state index contributed by atoms with van der Waals surface area (Å²) in [5.41, 5.74) is 11.3. The number of aromatic hydroxyl groups is 1. The fourth-order valence-electron chi connectivity index (χ4n) is 12.9. The molecule has 2 unspecified atom stereocenters. The van der Waals surface area contributed by atoms with Gasteiger partial charge in [-0.05, 0) is 144 Å². The van der Waals surface area contributed by atoms with Gasteiger partial charge in [0.15, 0.2) is 18.5 Å². The third-order valence-electron chi connectivity index (χ3n) is 18.9. The zero-order valence-electron chi connectivity index (χ0n) is 58.8. The number of nitrogens with zero attached hydrogens (tertiary/aromatic N) is 7. The van der Waals surface area contributed by atoms with Crippen LogP contribution < -0.4 is 43.3 Å². The molecule has 0 fully saturated rings. The molecule has 0 aromatic heterocycles. The van der Waals surface area contributed by atoms with Gasteiger partial charge in [-0.25, -0.2) is 0 Å². The third kappa shape index (κ3) is 16.8. The van der Waals surface area contributed by atoms with Gasteiger partial charge in [0, 0.05) is 112 Å². The second-order valence-electron chi connectivity index (χ2n) is 26.3. The zero-order chi connectivity index (χ0) is 74.6. The number of hydrogen-bond acceptors (Lipinski definition) is 18. The van der Waals surface area contributed by atoms with E-state index < -0.39 is 31.5 Å². The van der Waals surface area contributed by atoms with Gasteiger partial charge in [0.05, 0.1) is 62.1 Å². The lowest BCUT2D eigenvalue weighted by molar-refractivity contribution is -0.442. The largest absolute Gasteiger partial charge is 1.00 e. The third-order valence-corrected chi connectivity index (χ3v) is 19.7. The van der Waals surface area contributed by atoms with E-state index in [-0.39, 0.29) is 93.8 Å². The summed E-state index contributed by atoms with van der Waals surface area (Å²) in [5, 5.41) is 77.0. The van der Waals surface area contributed by atoms with Crippen LogP contribution in [0.25, 0.3) is 12.2 Å². The molecular weight excluding hydrogens is 1550 g/mol. The van der Waals surface area contributed by atoms with Gasteiger partial charge in [-0.1, -0.05) is 116 Å². The number of alkyl halides is 1. The number of halogens is 3. The molecule has 2 spiro atoms. The molecule has 2 atom stereocenters. The van der Waals surface area contributed by atoms with Crippen molar-refractivity contribution in [3.63, 3.8) is 0 Å². The zero-order valence-corrected chi connectivity index (χ0v) is 63.8. The fraction of sp³-hybridized carbons (Fsp3) is 0.325. The first kappa shape index (κ1) is 82.2. The van der Waals surface area contributed by atoms with Crippen LogP contribution in [0.4, 0.5) is 39.8 Å². The highest BCUT2D eigenvalue weighted by Gasteiger charge is 2.60. The van der Waals surface area contributed by atoms with E-state index in [9.17, 15) is 50.1 Å². The molecule has 5 N–H and O–H groups in total. The molecule has 0 saturated carbocycles. The van der Waals surface area contributed by atoms with E-state index in [1.807, 2.05) is 66.8 Å². The van der Waals surface area contributed by atoms with Gasteiger partial charge >= 0.3 is 0 Å². The van der Waals surface area contributed by atoms with Gasteiger partial charge in [0.25, 0.3) is 17.1 Å². The van der Waals surface area contributed by atoms with Crippen LogP contribution in [0.1, 0.15) is 120 Å². The smallest absolute Gasteiger partial charge is 0.270 e. The first-order chi connectivity index (χ1) is 47.7. The number of benzene rings is 7. The number of β-amino-alcohol motifs (C(OH)–C–C–N with tert-alkyl or cyclic N) is 3. The number of phenolic OH excluding ortho intramolecular Hbond substituents is 1. The standard InChI is InChI=1S/2C20H20N2O4.C13H18NO.C11H13N.C7H5NO4.C4H5ClO.C2H5IO.HI/c2*1-19(2)16-5-3-4-6-17(16)21(11-12-23)20(19)10-9-14-13-15(22(24)25)7-8-18(14)26-20;1-10-13(2,3)11-6-4-5-7-12(11)14(10)8-9-15;1-8-11(2,3)9-6-4-5-7-10(9)12-8;9-4-5-3-6(8(11)12)1-2-7(5)10;1-3(2)4(5)6;3-1-2-4;/h2*3-10,13,23H,11-12H2,1-2H3;4-7,15H,8-9H2,1-3H3;4-7H,1-3H3;1-4,10H;1H2,2H3;4H,1-2H2;1H/q;;+1;;;;;/p-1. The van der Waals surface area contributed by atoms with Crippen molar-refractivity contribution < 1.29 is 87.9 Å². The topological polar surface area (TPSA) is 305 Å². The molecule has 0 bridgehead atoms. The fourth-order valence-corrected chi connectivity index (χ4v) is 12.9. The number of ether oxygens (including phenoxy) is 2. The number of fused-ring (bicyclic) bond motifs is 6. The van der Waals surface area contributed by atoms with Gasteiger partial charge in [-0.2, -0.15) is 4.58 Å². The molecule has 25 heteroatoms. The summed E-state index contributed by atoms with van der Waals surface area (Å²) in [6.07, 6.45) is 8.03. The van der Waals surface area contributed by atoms with Crippen LogP contribution in [0.3, 0.4) is 0 Å². The van der Waals surface area contributed by atoms with Gasteiger partial charge < -0.3 is 68.8 Å². The van der Waals surface area contributed by atoms with Gasteiger partial charge in [-0.3, -0.25) is 44.9 Å². The van der Waals surface area contributed by atoms with Crippen LogP contribution in [-0.2, 0) is 26.5 Å². The summed E-state index contributed by atoms with van der Waals surface area (Å²) in [6, 6.07) is 45.5. The van der Waals surface area contributed by atoms with E-state index in [1.165, 1.54) is 52.5 Å². The van der Waals surface area contributed by atoms with E-state index >= 15 is 0 Å². The van der Waals surface area contributed by atoms with Crippen LogP contribution in [0.15, 0.2) is 181 Å². The highest BCUT2D eigenvalue weighted by molar-refractivity contribution is 14.1. The van der Waals surface area contributed by atoms with Crippen LogP contribution in [0, 0.1) is 30.3 Å². The number of anilines is 2. The molecule has 0 aliphatic carbocycles. The molecule has 0 saturated heterocycles. The van der Waals surface area contributed by atoms with Crippen LogP contribution >= 0.6 is 34.2 Å². The number of allylic oxidation sites excluding steroid dienone is 1. The number of non-ortho nitro benzene ring substituents is 3. The number of nitro groups is 3. The lowest BCUT2D eigenvalue weighted by Gasteiger charge is -2.47. The summed E-state index contributed by atoms with van der Waals surface area (Å²) >= 11 is 6.98. The first-order valence-electron chi connectivity index (χ1n) is 32.4. The number of aliphatic hydroxyl groups excluding tert-OH is 4. The number of aldehydes is 1. The maximum atomic E-state index is 11.0. The van der Waals surface area contributed by atoms with Crippen molar-refractivity contribution in [3.8, 4) is 17.2 Å². The molecule has 540 valence electrons. The van der Waals surface area contributed by atoms with E-state index in [0.717, 1.165) is 50.8 Å². The minimum Gasteiger partial charge on any atom is -1.00 e. The van der Waals surface area contributed by atoms with Crippen LogP contribution in [0.5, 0.6) is 17.2 Å². The maximum Gasteiger partial charge on any atom is 0.270 e. The molecule has 0 radical (unpaired) electrons. The Kier molecular flexibility index (Phi) is 27.8. The van der Waals surface area contributed by atoms with E-state index in [2.05, 4.69) is 172 Å². The monoisotopic (exact) mass is 1640 g/mol. The summed E-state index contributed by atoms with van der Waals surface area (Å²) in [4.78, 5) is 59.5. The number of carbonyl (C=O) groups excluding carboxylic acids is 2. The number of carbonyl (C=O) groups is 2. The van der Waals surface area contributed by atoms with Crippen molar-refractivity contribution in [2.45, 2.75) is 109 Å². The number of phenols is 1. The van der Waals surface area contributed by atoms with Crippen molar-refractivity contribution in [1.29, 1.82) is 0 Å². The summed E-state index contributed by atoms with van der Waals surface area (Å²) < 4.78 is 16.0. The minimum absolute atomic E-state index is 0. The predicted octanol–water partition coefficient (Wildman–Crippen LogP) is 12.0. The molecule has 7 aromatic carbocycles. The Hall–Kier alpha value is -8.77. The molecule has 102 heavy (non-hydrogen) atoms. The second-order valence-corrected chi connectivity index (χ2v) is 27.7. The average Bonchev–Trinajstić information content (AvgIpc) is 1.54. The van der Waals surface area contributed by atoms with Crippen molar-refractivity contribution in [1.82, 2.24) is 0 Å². The Morgan fingerprint density at radius 2 is 1.01 bits per heavy atom. The summed E-state index contributed by atoms with van der Waals surface area (Å²) in [5.74, 6) is 0.944. The van der Waals surface area contributed by atoms with Gasteiger partial charge in [0.2, 0.25) is 22.4 Å². The number of rotatable bonds is 12. The Balaban J connectivity index is 0.000000200. The maximum absolute atomic E-state index is 11.0. The molecule has 22 nitrogen and oxygen atoms in total. The SMILES string of the molecule is C=C(C)C(=O)Cl.CC1(C)c2ccccc2N(CCO)C12C=Cc1cc([N+](=O)[O-])ccc1O2.CC1(C)c2ccccc2N(CCO)C12C=Cc1cc([N+](=O)[O-])ccc1O2.CC1=Nc2ccccc2C1(C)C.CC1=[N+](CCO)c2ccccc2C1(C)C.O=Cc1cc([N+](=O)[O-])ccc1O.OCCI.[I-]. The molecule has 6 heterocycles. The number of aliphatic hydroxyl groups is 4. The Bertz CT molecular complexity index is 4240. The van der Waals surface area contributed by atoms with Crippen LogP contribution in [-0.4, -0.2) is 130 Å². The highest BCUT2D eigenvalue weighted by atomic mass is 127. The number of nitro benzene ring substituents is 3. The number of hydrogen-bond donors (Lipinski definition) is 5. The molecule has 6 aliphatic rings. The van der Waals surface area contributed by atoms with E-state index in [0.29, 0.717) is 60.7 Å². The lowest BCUT2D eigenvalue weighted by Crippen LogP contribution is -3.00. The van der Waals surface area contributed by atoms with Crippen molar-refractivity contribution in [3.05, 3.63) is 245 Å². The molecule has 7 aromatic rings. The summed E-state index contributed by atoms with van der Waals surface area (Å²) in [6.45, 7) is 28.5. The van der Waals surface area contributed by atoms with Crippen molar-refractivity contribution in [2.75, 3.05) is 60.3 Å². The van der Waals surface area contributed by atoms with Crippen molar-refractivity contribution >= 4 is 109 Å². The molecule has 13 rings (SSSR count). The molecular formula is C77H86ClI2N7O15. The number of para-hydroxylation sites is 4. The Labute approximate surface area is 629 Å². The van der Waals surface area contributed by atoms with Crippen LogP contribution in [0.2, 0.25) is 0 Å². The highest BCUT2D eigenvalue weighted by Crippen LogP contribution is 2.57. The first-order valence-corrected chi connectivity index (χ1v) is 34.3. The Morgan fingerprint density at radius 1 is 0.608 bits per heavy atom. The lowest BCUT2D eigenvalue weighted by atomic mass is 9.76. The summed E-state index contributed by atoms with van der Waals surface area (Å²) in [7, 11) is 0. The van der Waals surface area contributed by atoms with E-state index in [4.69, 9.17) is 36.4 Å². The normalized spacial score (nSPS) is 18.0. The van der Waals surface area contributed by atoms with Gasteiger partial charge in [0.1, 0.15) is 23.9 Å². The predicted molar refractivity (Wildman–Crippen MR) is 405 cm³/mol. The minimum atomic E-state index is -0.803. The average molecular weight is 1640 g/mol. The molecule has 6 aliphatic heterocycles.